The molecule has 1 amide bonds. The summed E-state index contributed by atoms with van der Waals surface area (Å²) in [7, 11) is 1.65. The Morgan fingerprint density at radius 2 is 2.16 bits per heavy atom. The van der Waals surface area contributed by atoms with Gasteiger partial charge in [0, 0.05) is 13.7 Å². The van der Waals surface area contributed by atoms with Crippen LogP contribution in [0.1, 0.15) is 35.2 Å². The summed E-state index contributed by atoms with van der Waals surface area (Å²) in [6.07, 6.45) is 0.301. The lowest BCUT2D eigenvalue weighted by molar-refractivity contribution is -0.131. The van der Waals surface area contributed by atoms with Crippen molar-refractivity contribution in [3.8, 4) is 0 Å². The topological polar surface area (TPSA) is 80.0 Å². The standard InChI is InChI=1S/C13H19NO5/c1-4-18-6-5-12(15)14(3)8-10-7-11(13(16)17)9(2)19-10/h7H,4-6,8H2,1-3H3,(H,16,17). The second-order valence-corrected chi connectivity index (χ2v) is 4.18. The number of carboxylic acid groups (broad SMARTS) is 1. The number of carbonyl (C=O) groups is 2. The van der Waals surface area contributed by atoms with Crippen molar-refractivity contribution < 1.29 is 23.8 Å². The van der Waals surface area contributed by atoms with E-state index in [-0.39, 0.29) is 18.0 Å². The van der Waals surface area contributed by atoms with E-state index in [0.29, 0.717) is 31.2 Å². The highest BCUT2D eigenvalue weighted by Crippen LogP contribution is 2.16. The summed E-state index contributed by atoms with van der Waals surface area (Å²) in [5, 5.41) is 8.91. The molecule has 0 atom stereocenters. The van der Waals surface area contributed by atoms with Crippen LogP contribution in [0.4, 0.5) is 0 Å². The van der Waals surface area contributed by atoms with E-state index in [1.165, 1.54) is 11.0 Å². The van der Waals surface area contributed by atoms with Crippen molar-refractivity contribution in [1.29, 1.82) is 0 Å². The van der Waals surface area contributed by atoms with Gasteiger partial charge in [0.15, 0.2) is 0 Å². The summed E-state index contributed by atoms with van der Waals surface area (Å²) in [5.41, 5.74) is 0.130. The maximum absolute atomic E-state index is 11.7. The average molecular weight is 269 g/mol. The normalized spacial score (nSPS) is 10.5. The molecule has 0 bridgehead atoms. The lowest BCUT2D eigenvalue weighted by Crippen LogP contribution is -2.26. The molecule has 0 fully saturated rings. The Kier molecular flexibility index (Phi) is 5.57. The molecule has 0 saturated carbocycles. The van der Waals surface area contributed by atoms with Gasteiger partial charge in [-0.3, -0.25) is 4.79 Å². The first-order chi connectivity index (χ1) is 8.95. The molecule has 0 aliphatic carbocycles. The van der Waals surface area contributed by atoms with Gasteiger partial charge in [0.25, 0.3) is 0 Å². The van der Waals surface area contributed by atoms with E-state index < -0.39 is 5.97 Å². The van der Waals surface area contributed by atoms with Gasteiger partial charge >= 0.3 is 5.97 Å². The highest BCUT2D eigenvalue weighted by Gasteiger charge is 2.16. The van der Waals surface area contributed by atoms with Crippen LogP contribution in [0.3, 0.4) is 0 Å². The van der Waals surface area contributed by atoms with E-state index in [0.717, 1.165) is 0 Å². The number of aryl methyl sites for hydroxylation is 1. The van der Waals surface area contributed by atoms with Crippen LogP contribution < -0.4 is 0 Å². The smallest absolute Gasteiger partial charge is 0.339 e. The molecule has 106 valence electrons. The number of ether oxygens (including phenoxy) is 1. The number of aromatic carboxylic acids is 1. The van der Waals surface area contributed by atoms with Crippen LogP contribution in [0.15, 0.2) is 10.5 Å². The predicted molar refractivity (Wildman–Crippen MR) is 68.0 cm³/mol. The number of nitrogens with zero attached hydrogens (tertiary/aromatic N) is 1. The minimum absolute atomic E-state index is 0.0700. The first kappa shape index (κ1) is 15.2. The molecular formula is C13H19NO5. The molecule has 0 aromatic carbocycles. The number of rotatable bonds is 7. The molecule has 0 radical (unpaired) electrons. The molecule has 1 aromatic heterocycles. The minimum atomic E-state index is -1.03. The van der Waals surface area contributed by atoms with Gasteiger partial charge in [0.1, 0.15) is 17.1 Å². The van der Waals surface area contributed by atoms with Crippen molar-refractivity contribution in [3.05, 3.63) is 23.2 Å². The van der Waals surface area contributed by atoms with Crippen LogP contribution in [-0.4, -0.2) is 42.1 Å². The summed E-state index contributed by atoms with van der Waals surface area (Å²) in [4.78, 5) is 24.1. The molecule has 1 aromatic rings. The van der Waals surface area contributed by atoms with E-state index in [4.69, 9.17) is 14.3 Å². The molecule has 0 saturated heterocycles. The van der Waals surface area contributed by atoms with Gasteiger partial charge in [0.05, 0.1) is 19.6 Å². The van der Waals surface area contributed by atoms with Crippen LogP contribution in [0.5, 0.6) is 0 Å². The predicted octanol–water partition coefficient (Wildman–Crippen LogP) is 1.67. The largest absolute Gasteiger partial charge is 0.478 e. The molecule has 0 spiro atoms. The van der Waals surface area contributed by atoms with Crippen molar-refractivity contribution in [2.24, 2.45) is 0 Å². The summed E-state index contributed by atoms with van der Waals surface area (Å²) in [6, 6.07) is 1.45. The van der Waals surface area contributed by atoms with Crippen LogP contribution in [0.2, 0.25) is 0 Å². The van der Waals surface area contributed by atoms with Crippen LogP contribution >= 0.6 is 0 Å². The number of hydrogen-bond acceptors (Lipinski definition) is 4. The van der Waals surface area contributed by atoms with E-state index in [1.807, 2.05) is 6.92 Å². The van der Waals surface area contributed by atoms with E-state index in [1.54, 1.807) is 14.0 Å². The second-order valence-electron chi connectivity index (χ2n) is 4.18. The second kappa shape index (κ2) is 6.94. The monoisotopic (exact) mass is 269 g/mol. The Balaban J connectivity index is 2.56. The zero-order chi connectivity index (χ0) is 14.4. The van der Waals surface area contributed by atoms with Crippen molar-refractivity contribution in [3.63, 3.8) is 0 Å². The lowest BCUT2D eigenvalue weighted by Gasteiger charge is -2.15. The Bertz CT molecular complexity index is 452. The molecule has 1 N–H and O–H groups in total. The van der Waals surface area contributed by atoms with Crippen molar-refractivity contribution in [2.75, 3.05) is 20.3 Å². The first-order valence-corrected chi connectivity index (χ1v) is 6.10. The summed E-state index contributed by atoms with van der Waals surface area (Å²) in [5.74, 6) is -0.294. The summed E-state index contributed by atoms with van der Waals surface area (Å²) in [6.45, 7) is 4.67. The number of carboxylic acids is 1. The molecule has 1 heterocycles. The number of amides is 1. The molecular weight excluding hydrogens is 250 g/mol. The van der Waals surface area contributed by atoms with Gasteiger partial charge in [0.2, 0.25) is 5.91 Å². The van der Waals surface area contributed by atoms with Gasteiger partial charge in [-0.05, 0) is 19.9 Å². The Morgan fingerprint density at radius 1 is 1.47 bits per heavy atom. The highest BCUT2D eigenvalue weighted by molar-refractivity contribution is 5.88. The maximum atomic E-state index is 11.7. The van der Waals surface area contributed by atoms with E-state index in [9.17, 15) is 9.59 Å². The van der Waals surface area contributed by atoms with Crippen LogP contribution in [0, 0.1) is 6.92 Å². The van der Waals surface area contributed by atoms with Crippen molar-refractivity contribution in [2.45, 2.75) is 26.8 Å². The molecule has 6 nitrogen and oxygen atoms in total. The Morgan fingerprint density at radius 3 is 2.68 bits per heavy atom. The fourth-order valence-corrected chi connectivity index (χ4v) is 1.65. The minimum Gasteiger partial charge on any atom is -0.478 e. The molecule has 0 unspecified atom stereocenters. The zero-order valence-corrected chi connectivity index (χ0v) is 11.4. The SMILES string of the molecule is CCOCCC(=O)N(C)Cc1cc(C(=O)O)c(C)o1. The molecule has 0 aliphatic rings. The van der Waals surface area contributed by atoms with Crippen LogP contribution in [-0.2, 0) is 16.1 Å². The Labute approximate surface area is 112 Å². The van der Waals surface area contributed by atoms with Gasteiger partial charge in [-0.2, -0.15) is 0 Å². The third-order valence-corrected chi connectivity index (χ3v) is 2.68. The third-order valence-electron chi connectivity index (χ3n) is 2.68. The quantitative estimate of drug-likeness (QED) is 0.762. The van der Waals surface area contributed by atoms with Crippen LogP contribution in [0.25, 0.3) is 0 Å². The van der Waals surface area contributed by atoms with E-state index >= 15 is 0 Å². The number of furan rings is 1. The van der Waals surface area contributed by atoms with Gasteiger partial charge in [-0.1, -0.05) is 0 Å². The average Bonchev–Trinajstić information content (AvgIpc) is 2.70. The van der Waals surface area contributed by atoms with Crippen molar-refractivity contribution >= 4 is 11.9 Å². The highest BCUT2D eigenvalue weighted by atomic mass is 16.5. The first-order valence-electron chi connectivity index (χ1n) is 6.10. The number of hydrogen-bond donors (Lipinski definition) is 1. The number of carbonyl (C=O) groups excluding carboxylic acids is 1. The fourth-order valence-electron chi connectivity index (χ4n) is 1.65. The lowest BCUT2D eigenvalue weighted by atomic mass is 10.2. The van der Waals surface area contributed by atoms with Gasteiger partial charge in [-0.25, -0.2) is 4.79 Å². The zero-order valence-electron chi connectivity index (χ0n) is 11.4. The van der Waals surface area contributed by atoms with E-state index in [2.05, 4.69) is 0 Å². The van der Waals surface area contributed by atoms with Gasteiger partial charge in [-0.15, -0.1) is 0 Å². The molecule has 19 heavy (non-hydrogen) atoms. The van der Waals surface area contributed by atoms with Crippen molar-refractivity contribution in [1.82, 2.24) is 4.90 Å². The molecule has 0 aliphatic heterocycles. The maximum Gasteiger partial charge on any atom is 0.339 e. The summed E-state index contributed by atoms with van der Waals surface area (Å²) < 4.78 is 10.4. The molecule has 1 rings (SSSR count). The fraction of sp³-hybridized carbons (Fsp3) is 0.538. The Hall–Kier alpha value is -1.82. The summed E-state index contributed by atoms with van der Waals surface area (Å²) >= 11 is 0. The van der Waals surface area contributed by atoms with Gasteiger partial charge < -0.3 is 19.2 Å². The molecule has 6 heteroatoms. The third kappa shape index (κ3) is 4.40.